The third kappa shape index (κ3) is 6.01. The number of piperidine rings is 1. The molecule has 1 aromatic carbocycles. The number of nitrogens with one attached hydrogen (secondary N) is 1. The van der Waals surface area contributed by atoms with E-state index in [9.17, 15) is 9.90 Å². The van der Waals surface area contributed by atoms with Crippen LogP contribution >= 0.6 is 0 Å². The molecule has 4 rings (SSSR count). The summed E-state index contributed by atoms with van der Waals surface area (Å²) in [6, 6.07) is 9.42. The molecule has 0 amide bonds. The Balaban J connectivity index is 1.38. The number of benzene rings is 1. The quantitative estimate of drug-likeness (QED) is 0.491. The molecule has 1 saturated carbocycles. The molecule has 6 nitrogen and oxygen atoms in total. The summed E-state index contributed by atoms with van der Waals surface area (Å²) in [4.78, 5) is 13.5. The van der Waals surface area contributed by atoms with Gasteiger partial charge in [0.15, 0.2) is 11.9 Å². The predicted octanol–water partition coefficient (Wildman–Crippen LogP) is 4.40. The van der Waals surface area contributed by atoms with Crippen molar-refractivity contribution in [1.29, 1.82) is 0 Å². The first-order valence-corrected chi connectivity index (χ1v) is 13.5. The van der Waals surface area contributed by atoms with Crippen LogP contribution in [0.15, 0.2) is 30.3 Å². The van der Waals surface area contributed by atoms with Crippen LogP contribution in [-0.4, -0.2) is 50.3 Å². The molecule has 0 radical (unpaired) electrons. The lowest BCUT2D eigenvalue weighted by Crippen LogP contribution is -2.46. The molecule has 2 heterocycles. The van der Waals surface area contributed by atoms with E-state index in [0.29, 0.717) is 43.1 Å². The summed E-state index contributed by atoms with van der Waals surface area (Å²) >= 11 is 0. The van der Waals surface area contributed by atoms with Crippen LogP contribution in [0.2, 0.25) is 0 Å². The van der Waals surface area contributed by atoms with Gasteiger partial charge in [-0.2, -0.15) is 0 Å². The number of carbonyl (C=O) groups is 1. The lowest BCUT2D eigenvalue weighted by Gasteiger charge is -2.38. The summed E-state index contributed by atoms with van der Waals surface area (Å²) in [5.74, 6) is 0.594. The molecule has 190 valence electrons. The van der Waals surface area contributed by atoms with E-state index < -0.39 is 11.6 Å². The molecule has 3 aliphatic rings. The summed E-state index contributed by atoms with van der Waals surface area (Å²) in [6.07, 6.45) is 9.05. The highest BCUT2D eigenvalue weighted by Crippen LogP contribution is 2.41. The Morgan fingerprint density at radius 2 is 1.85 bits per heavy atom. The molecule has 1 aliphatic carbocycles. The maximum Gasteiger partial charge on any atom is 0.343 e. The molecular weight excluding hydrogens is 430 g/mol. The van der Waals surface area contributed by atoms with Crippen LogP contribution in [0.5, 0.6) is 0 Å². The fourth-order valence-electron chi connectivity index (χ4n) is 6.17. The molecule has 3 fully saturated rings. The van der Waals surface area contributed by atoms with Gasteiger partial charge >= 0.3 is 5.97 Å². The molecule has 0 bridgehead atoms. The third-order valence-corrected chi connectivity index (χ3v) is 8.38. The molecule has 2 N–H and O–H groups in total. The van der Waals surface area contributed by atoms with Crippen LogP contribution in [0.25, 0.3) is 0 Å². The standard InChI is InChI=1S/C28H43NO5/c1-2-21(26-32-17-18-33-26)13-14-22-19-29-16-15-23(22)20-34-27(30)28(31,24-9-5-3-6-10-24)25-11-7-4-8-12-25/h3,5-6,9-10,21-23,25-26,29,31H,2,4,7-8,11-20H2,1H3. The number of rotatable bonds is 10. The topological polar surface area (TPSA) is 77.0 Å². The minimum atomic E-state index is -1.56. The first kappa shape index (κ1) is 25.6. The lowest BCUT2D eigenvalue weighted by molar-refractivity contribution is -0.178. The molecule has 6 heteroatoms. The fourth-order valence-corrected chi connectivity index (χ4v) is 6.17. The normalized spacial score (nSPS) is 27.2. The summed E-state index contributed by atoms with van der Waals surface area (Å²) < 4.78 is 17.5. The minimum absolute atomic E-state index is 0.0748. The smallest absolute Gasteiger partial charge is 0.343 e. The van der Waals surface area contributed by atoms with Crippen molar-refractivity contribution in [3.63, 3.8) is 0 Å². The zero-order chi connectivity index (χ0) is 23.8. The zero-order valence-electron chi connectivity index (χ0n) is 20.8. The average molecular weight is 474 g/mol. The van der Waals surface area contributed by atoms with Crippen LogP contribution < -0.4 is 5.32 Å². The number of ether oxygens (including phenoxy) is 3. The molecule has 4 unspecified atom stereocenters. The molecule has 1 aromatic rings. The van der Waals surface area contributed by atoms with E-state index in [-0.39, 0.29) is 12.2 Å². The Morgan fingerprint density at radius 3 is 2.56 bits per heavy atom. The van der Waals surface area contributed by atoms with E-state index in [1.165, 1.54) is 6.42 Å². The van der Waals surface area contributed by atoms with Crippen LogP contribution in [0.3, 0.4) is 0 Å². The van der Waals surface area contributed by atoms with E-state index in [0.717, 1.165) is 64.5 Å². The SMILES string of the molecule is CCC(CCC1CNCCC1COC(=O)C(O)(c1ccccc1)C1CCCCC1)C1OCCO1. The maximum atomic E-state index is 13.5. The number of aliphatic hydroxyl groups is 1. The maximum absolute atomic E-state index is 13.5. The highest BCUT2D eigenvalue weighted by atomic mass is 16.7. The molecule has 2 saturated heterocycles. The lowest BCUT2D eigenvalue weighted by atomic mass is 9.73. The van der Waals surface area contributed by atoms with Crippen molar-refractivity contribution in [1.82, 2.24) is 5.32 Å². The van der Waals surface area contributed by atoms with Crippen LogP contribution in [0.1, 0.15) is 70.3 Å². The first-order valence-electron chi connectivity index (χ1n) is 13.5. The van der Waals surface area contributed by atoms with Gasteiger partial charge in [0.25, 0.3) is 0 Å². The van der Waals surface area contributed by atoms with Crippen LogP contribution in [-0.2, 0) is 24.6 Å². The van der Waals surface area contributed by atoms with Gasteiger partial charge in [-0.15, -0.1) is 0 Å². The molecule has 4 atom stereocenters. The minimum Gasteiger partial charge on any atom is -0.463 e. The number of hydrogen-bond donors (Lipinski definition) is 2. The second kappa shape index (κ2) is 12.5. The van der Waals surface area contributed by atoms with Gasteiger partial charge < -0.3 is 24.6 Å². The van der Waals surface area contributed by atoms with Crippen molar-refractivity contribution in [2.75, 3.05) is 32.9 Å². The summed E-state index contributed by atoms with van der Waals surface area (Å²) in [5, 5.41) is 15.3. The second-order valence-electron chi connectivity index (χ2n) is 10.4. The van der Waals surface area contributed by atoms with Crippen LogP contribution in [0.4, 0.5) is 0 Å². The van der Waals surface area contributed by atoms with Gasteiger partial charge in [-0.1, -0.05) is 56.5 Å². The van der Waals surface area contributed by atoms with Gasteiger partial charge in [0.05, 0.1) is 19.8 Å². The van der Waals surface area contributed by atoms with E-state index in [2.05, 4.69) is 12.2 Å². The van der Waals surface area contributed by atoms with Gasteiger partial charge in [-0.3, -0.25) is 0 Å². The number of carbonyl (C=O) groups excluding carboxylic acids is 1. The molecule has 0 spiro atoms. The number of esters is 1. The average Bonchev–Trinajstić information content (AvgIpc) is 3.43. The van der Waals surface area contributed by atoms with E-state index in [1.807, 2.05) is 30.3 Å². The van der Waals surface area contributed by atoms with Crippen molar-refractivity contribution >= 4 is 5.97 Å². The zero-order valence-corrected chi connectivity index (χ0v) is 20.8. The molecular formula is C28H43NO5. The van der Waals surface area contributed by atoms with Crippen molar-refractivity contribution in [2.45, 2.75) is 76.6 Å². The van der Waals surface area contributed by atoms with Crippen molar-refractivity contribution in [2.24, 2.45) is 23.7 Å². The first-order chi connectivity index (χ1) is 16.6. The van der Waals surface area contributed by atoms with E-state index in [4.69, 9.17) is 14.2 Å². The Hall–Kier alpha value is -1.47. The van der Waals surface area contributed by atoms with Crippen molar-refractivity contribution in [3.8, 4) is 0 Å². The fraction of sp³-hybridized carbons (Fsp3) is 0.750. The number of hydrogen-bond acceptors (Lipinski definition) is 6. The molecule has 2 aliphatic heterocycles. The molecule has 0 aromatic heterocycles. The van der Waals surface area contributed by atoms with Gasteiger partial charge in [-0.05, 0) is 69.0 Å². The Kier molecular flexibility index (Phi) is 9.40. The molecule has 34 heavy (non-hydrogen) atoms. The van der Waals surface area contributed by atoms with E-state index in [1.54, 1.807) is 0 Å². The monoisotopic (exact) mass is 473 g/mol. The summed E-state index contributed by atoms with van der Waals surface area (Å²) in [5.41, 5.74) is -0.898. The van der Waals surface area contributed by atoms with E-state index >= 15 is 0 Å². The van der Waals surface area contributed by atoms with Gasteiger partial charge in [-0.25, -0.2) is 4.79 Å². The Labute approximate surface area is 204 Å². The predicted molar refractivity (Wildman–Crippen MR) is 131 cm³/mol. The van der Waals surface area contributed by atoms with Gasteiger partial charge in [0.1, 0.15) is 0 Å². The van der Waals surface area contributed by atoms with Gasteiger partial charge in [0, 0.05) is 11.8 Å². The highest BCUT2D eigenvalue weighted by Gasteiger charge is 2.47. The van der Waals surface area contributed by atoms with Crippen molar-refractivity contribution < 1.29 is 24.1 Å². The summed E-state index contributed by atoms with van der Waals surface area (Å²) in [6.45, 7) is 5.84. The largest absolute Gasteiger partial charge is 0.463 e. The van der Waals surface area contributed by atoms with Gasteiger partial charge in [0.2, 0.25) is 0 Å². The second-order valence-corrected chi connectivity index (χ2v) is 10.4. The van der Waals surface area contributed by atoms with Crippen LogP contribution in [0, 0.1) is 23.7 Å². The third-order valence-electron chi connectivity index (χ3n) is 8.38. The summed E-state index contributed by atoms with van der Waals surface area (Å²) in [7, 11) is 0. The Morgan fingerprint density at radius 1 is 1.12 bits per heavy atom. The highest BCUT2D eigenvalue weighted by molar-refractivity contribution is 5.81. The Bertz CT molecular complexity index is 746. The van der Waals surface area contributed by atoms with Crippen molar-refractivity contribution in [3.05, 3.63) is 35.9 Å².